The summed E-state index contributed by atoms with van der Waals surface area (Å²) in [4.78, 5) is 7.16. The molecule has 2 aromatic carbocycles. The van der Waals surface area contributed by atoms with E-state index >= 15 is 0 Å². The van der Waals surface area contributed by atoms with Gasteiger partial charge in [0.2, 0.25) is 5.95 Å². The summed E-state index contributed by atoms with van der Waals surface area (Å²) in [6, 6.07) is 22.9. The highest BCUT2D eigenvalue weighted by molar-refractivity contribution is 7.98. The molecule has 2 aromatic heterocycles. The lowest BCUT2D eigenvalue weighted by Crippen LogP contribution is -2.31. The molecule has 1 saturated heterocycles. The Morgan fingerprint density at radius 1 is 0.793 bits per heavy atom. The molecule has 5 rings (SSSR count). The van der Waals surface area contributed by atoms with Crippen LogP contribution in [0.4, 0.5) is 5.95 Å². The van der Waals surface area contributed by atoms with E-state index in [0.29, 0.717) is 0 Å². The first kappa shape index (κ1) is 18.2. The number of aromatic nitrogens is 4. The molecule has 146 valence electrons. The Hall–Kier alpha value is -2.86. The van der Waals surface area contributed by atoms with Crippen molar-refractivity contribution >= 4 is 28.6 Å². The molecule has 0 unspecified atom stereocenters. The number of thioether (sulfide) groups is 1. The number of pyridine rings is 1. The summed E-state index contributed by atoms with van der Waals surface area (Å²) in [6.45, 7) is 2.09. The van der Waals surface area contributed by atoms with Crippen LogP contribution >= 0.6 is 11.8 Å². The second-order valence-electron chi connectivity index (χ2n) is 7.29. The van der Waals surface area contributed by atoms with Crippen LogP contribution in [0.1, 0.15) is 25.0 Å². The minimum Gasteiger partial charge on any atom is -0.341 e. The van der Waals surface area contributed by atoms with Gasteiger partial charge >= 0.3 is 0 Å². The number of piperidine rings is 1. The fourth-order valence-corrected chi connectivity index (χ4v) is 4.64. The fraction of sp³-hybridized carbons (Fsp3) is 0.261. The number of hydrogen-bond donors (Lipinski definition) is 0. The topological polar surface area (TPSA) is 46.8 Å². The van der Waals surface area contributed by atoms with E-state index in [-0.39, 0.29) is 0 Å². The number of anilines is 1. The minimum atomic E-state index is 0.760. The van der Waals surface area contributed by atoms with E-state index in [2.05, 4.69) is 68.2 Å². The molecule has 0 atom stereocenters. The Morgan fingerprint density at radius 3 is 2.45 bits per heavy atom. The molecular weight excluding hydrogens is 378 g/mol. The third-order valence-electron chi connectivity index (χ3n) is 5.27. The van der Waals surface area contributed by atoms with Gasteiger partial charge in [0.15, 0.2) is 5.16 Å². The zero-order valence-electron chi connectivity index (χ0n) is 16.2. The number of para-hydroxylation sites is 2. The first-order valence-electron chi connectivity index (χ1n) is 10.1. The number of benzene rings is 2. The zero-order valence-corrected chi connectivity index (χ0v) is 17.1. The third-order valence-corrected chi connectivity index (χ3v) is 6.24. The van der Waals surface area contributed by atoms with Gasteiger partial charge in [-0.05, 0) is 43.5 Å². The summed E-state index contributed by atoms with van der Waals surface area (Å²) in [7, 11) is 0. The maximum Gasteiger partial charge on any atom is 0.232 e. The molecule has 3 heterocycles. The molecule has 29 heavy (non-hydrogen) atoms. The van der Waals surface area contributed by atoms with Crippen molar-refractivity contribution in [1.29, 1.82) is 0 Å². The second kappa shape index (κ2) is 8.25. The lowest BCUT2D eigenvalue weighted by molar-refractivity contribution is 0.564. The lowest BCUT2D eigenvalue weighted by atomic mass is 10.1. The summed E-state index contributed by atoms with van der Waals surface area (Å²) in [5, 5.41) is 11.2. The average Bonchev–Trinajstić information content (AvgIpc) is 3.23. The summed E-state index contributed by atoms with van der Waals surface area (Å²) < 4.78 is 2.19. The number of hydrogen-bond acceptors (Lipinski definition) is 5. The van der Waals surface area contributed by atoms with Crippen LogP contribution in [0.3, 0.4) is 0 Å². The highest BCUT2D eigenvalue weighted by atomic mass is 32.2. The Kier molecular flexibility index (Phi) is 5.17. The molecule has 1 fully saturated rings. The monoisotopic (exact) mass is 401 g/mol. The standard InChI is InChI=1S/C23H23N5S/c1-3-10-20(11-4-1)28-22(27-15-7-2-8-16-27)25-26-23(28)29-17-19-14-13-18-9-5-6-12-21(18)24-19/h1,3-6,9-14H,2,7-8,15-17H2. The lowest BCUT2D eigenvalue weighted by Gasteiger charge is -2.27. The van der Waals surface area contributed by atoms with E-state index in [4.69, 9.17) is 4.98 Å². The highest BCUT2D eigenvalue weighted by Gasteiger charge is 2.21. The zero-order chi connectivity index (χ0) is 19.5. The van der Waals surface area contributed by atoms with Crippen molar-refractivity contribution in [2.75, 3.05) is 18.0 Å². The Bertz CT molecular complexity index is 1100. The van der Waals surface area contributed by atoms with E-state index in [9.17, 15) is 0 Å². The Morgan fingerprint density at radius 2 is 1.59 bits per heavy atom. The number of fused-ring (bicyclic) bond motifs is 1. The smallest absolute Gasteiger partial charge is 0.232 e. The van der Waals surface area contributed by atoms with Crippen LogP contribution in [0.2, 0.25) is 0 Å². The van der Waals surface area contributed by atoms with Crippen molar-refractivity contribution in [2.45, 2.75) is 30.2 Å². The SMILES string of the molecule is c1ccc(-n2c(SCc3ccc4ccccc4n3)nnc2N2CCCCC2)cc1. The first-order valence-corrected chi connectivity index (χ1v) is 11.1. The Labute approximate surface area is 174 Å². The van der Waals surface area contributed by atoms with Gasteiger partial charge in [-0.15, -0.1) is 10.2 Å². The summed E-state index contributed by atoms with van der Waals surface area (Å²) in [5.41, 5.74) is 3.19. The second-order valence-corrected chi connectivity index (χ2v) is 8.23. The first-order chi connectivity index (χ1) is 14.4. The summed E-state index contributed by atoms with van der Waals surface area (Å²) in [5.74, 6) is 1.71. The van der Waals surface area contributed by atoms with Crippen LogP contribution in [0.15, 0.2) is 71.9 Å². The van der Waals surface area contributed by atoms with Crippen molar-refractivity contribution in [2.24, 2.45) is 0 Å². The molecule has 1 aliphatic rings. The van der Waals surface area contributed by atoms with E-state index in [1.54, 1.807) is 11.8 Å². The predicted molar refractivity (Wildman–Crippen MR) is 119 cm³/mol. The van der Waals surface area contributed by atoms with Gasteiger partial charge in [-0.25, -0.2) is 0 Å². The number of nitrogens with zero attached hydrogens (tertiary/aromatic N) is 5. The molecule has 1 aliphatic heterocycles. The predicted octanol–water partition coefficient (Wildman–Crippen LogP) is 5.10. The largest absolute Gasteiger partial charge is 0.341 e. The van der Waals surface area contributed by atoms with Gasteiger partial charge in [0.05, 0.1) is 16.9 Å². The van der Waals surface area contributed by atoms with Crippen molar-refractivity contribution in [3.05, 3.63) is 72.4 Å². The maximum atomic E-state index is 4.80. The van der Waals surface area contributed by atoms with E-state index < -0.39 is 0 Å². The molecule has 4 aromatic rings. The quantitative estimate of drug-likeness (QED) is 0.436. The Balaban J connectivity index is 1.45. The molecular formula is C23H23N5S. The summed E-state index contributed by atoms with van der Waals surface area (Å²) in [6.07, 6.45) is 3.72. The van der Waals surface area contributed by atoms with E-state index in [0.717, 1.165) is 46.8 Å². The van der Waals surface area contributed by atoms with E-state index in [1.807, 2.05) is 18.2 Å². The molecule has 6 heteroatoms. The van der Waals surface area contributed by atoms with Crippen LogP contribution < -0.4 is 4.90 Å². The van der Waals surface area contributed by atoms with Crippen LogP contribution in [-0.4, -0.2) is 32.8 Å². The molecule has 0 saturated carbocycles. The highest BCUT2D eigenvalue weighted by Crippen LogP contribution is 2.30. The molecule has 0 aliphatic carbocycles. The van der Waals surface area contributed by atoms with Gasteiger partial charge in [0.1, 0.15) is 0 Å². The van der Waals surface area contributed by atoms with Crippen molar-refractivity contribution < 1.29 is 0 Å². The van der Waals surface area contributed by atoms with Crippen LogP contribution in [0.5, 0.6) is 0 Å². The van der Waals surface area contributed by atoms with Crippen LogP contribution in [0, 0.1) is 0 Å². The van der Waals surface area contributed by atoms with Gasteiger partial charge in [-0.3, -0.25) is 9.55 Å². The van der Waals surface area contributed by atoms with Gasteiger partial charge in [0, 0.05) is 24.2 Å². The van der Waals surface area contributed by atoms with Crippen LogP contribution in [-0.2, 0) is 5.75 Å². The minimum absolute atomic E-state index is 0.760. The molecule has 0 bridgehead atoms. The molecule has 5 nitrogen and oxygen atoms in total. The van der Waals surface area contributed by atoms with Gasteiger partial charge in [-0.2, -0.15) is 0 Å². The van der Waals surface area contributed by atoms with E-state index in [1.165, 1.54) is 24.6 Å². The summed E-state index contributed by atoms with van der Waals surface area (Å²) >= 11 is 1.69. The molecule has 0 radical (unpaired) electrons. The normalized spacial score (nSPS) is 14.4. The van der Waals surface area contributed by atoms with Gasteiger partial charge < -0.3 is 4.90 Å². The number of rotatable bonds is 5. The van der Waals surface area contributed by atoms with Crippen molar-refractivity contribution in [3.63, 3.8) is 0 Å². The fourth-order valence-electron chi connectivity index (χ4n) is 3.78. The van der Waals surface area contributed by atoms with Crippen molar-refractivity contribution in [1.82, 2.24) is 19.7 Å². The van der Waals surface area contributed by atoms with Gasteiger partial charge in [0.25, 0.3) is 0 Å². The van der Waals surface area contributed by atoms with Gasteiger partial charge in [-0.1, -0.05) is 54.2 Å². The maximum absolute atomic E-state index is 4.80. The molecule has 0 amide bonds. The average molecular weight is 402 g/mol. The molecule has 0 spiro atoms. The van der Waals surface area contributed by atoms with Crippen LogP contribution in [0.25, 0.3) is 16.6 Å². The van der Waals surface area contributed by atoms with Crippen molar-refractivity contribution in [3.8, 4) is 5.69 Å². The molecule has 0 N–H and O–H groups in total. The third kappa shape index (κ3) is 3.85.